The number of nitro benzene ring substituents is 1. The van der Waals surface area contributed by atoms with Gasteiger partial charge in [0.05, 0.1) is 11.0 Å². The molecule has 8 heteroatoms. The van der Waals surface area contributed by atoms with Crippen LogP contribution >= 0.6 is 0 Å². The van der Waals surface area contributed by atoms with Gasteiger partial charge in [0.2, 0.25) is 5.82 Å². The van der Waals surface area contributed by atoms with Gasteiger partial charge in [-0.3, -0.25) is 10.1 Å². The third-order valence-corrected chi connectivity index (χ3v) is 2.79. The van der Waals surface area contributed by atoms with Gasteiger partial charge >= 0.3 is 11.9 Å². The van der Waals surface area contributed by atoms with Gasteiger partial charge in [0.1, 0.15) is 17.9 Å². The molecule has 0 radical (unpaired) electrons. The number of ether oxygens (including phenoxy) is 1. The van der Waals surface area contributed by atoms with Crippen LogP contribution in [0.1, 0.15) is 11.1 Å². The number of rotatable bonds is 4. The van der Waals surface area contributed by atoms with E-state index in [1.165, 1.54) is 0 Å². The van der Waals surface area contributed by atoms with Crippen molar-refractivity contribution in [2.24, 2.45) is 0 Å². The van der Waals surface area contributed by atoms with Gasteiger partial charge in [0.25, 0.3) is 0 Å². The Morgan fingerprint density at radius 3 is 2.32 bits per heavy atom. The van der Waals surface area contributed by atoms with E-state index in [0.29, 0.717) is 11.6 Å². The lowest BCUT2D eigenvalue weighted by Gasteiger charge is -2.14. The van der Waals surface area contributed by atoms with Crippen molar-refractivity contribution in [3.05, 3.63) is 69.5 Å². The molecule has 0 saturated carbocycles. The fourth-order valence-electron chi connectivity index (χ4n) is 1.76. The number of nitrogens with zero attached hydrogens (tertiary/aromatic N) is 1. The molecule has 0 amide bonds. The number of alkyl halides is 3. The quantitative estimate of drug-likeness (QED) is 0.479. The molecule has 0 saturated heterocycles. The van der Waals surface area contributed by atoms with E-state index in [1.807, 2.05) is 0 Å². The van der Waals surface area contributed by atoms with Crippen LogP contribution in [-0.2, 0) is 12.8 Å². The van der Waals surface area contributed by atoms with E-state index in [1.54, 1.807) is 30.3 Å². The summed E-state index contributed by atoms with van der Waals surface area (Å²) in [7, 11) is 0. The average molecular weight is 315 g/mol. The molecule has 0 unspecified atom stereocenters. The highest BCUT2D eigenvalue weighted by molar-refractivity contribution is 5.47. The highest BCUT2D eigenvalue weighted by atomic mass is 19.4. The normalized spacial score (nSPS) is 11.3. The Bertz CT molecular complexity index is 686. The second-order valence-electron chi connectivity index (χ2n) is 4.33. The minimum atomic E-state index is -4.89. The molecule has 0 aliphatic heterocycles. The van der Waals surface area contributed by atoms with E-state index in [-0.39, 0.29) is 12.7 Å². The highest BCUT2D eigenvalue weighted by Gasteiger charge is 2.37. The van der Waals surface area contributed by atoms with E-state index in [0.717, 1.165) is 0 Å². The third kappa shape index (κ3) is 3.51. The van der Waals surface area contributed by atoms with E-state index >= 15 is 0 Å². The topological polar surface area (TPSA) is 52.4 Å². The highest BCUT2D eigenvalue weighted by Crippen LogP contribution is 2.39. The maximum atomic E-state index is 13.4. The van der Waals surface area contributed by atoms with Crippen molar-refractivity contribution in [1.82, 2.24) is 0 Å². The first-order valence-corrected chi connectivity index (χ1v) is 6.01. The lowest BCUT2D eigenvalue weighted by Crippen LogP contribution is -2.10. The molecule has 0 fully saturated rings. The molecule has 116 valence electrons. The molecule has 0 bridgehead atoms. The van der Waals surface area contributed by atoms with Crippen LogP contribution in [0.2, 0.25) is 0 Å². The van der Waals surface area contributed by atoms with Crippen LogP contribution in [0.3, 0.4) is 0 Å². The van der Waals surface area contributed by atoms with Crippen molar-refractivity contribution >= 4 is 5.69 Å². The number of benzene rings is 2. The van der Waals surface area contributed by atoms with Crippen LogP contribution < -0.4 is 4.74 Å². The van der Waals surface area contributed by atoms with E-state index in [4.69, 9.17) is 4.74 Å². The van der Waals surface area contributed by atoms with Crippen molar-refractivity contribution in [3.63, 3.8) is 0 Å². The molecule has 2 aromatic carbocycles. The zero-order valence-corrected chi connectivity index (χ0v) is 10.9. The molecule has 0 spiro atoms. The first-order valence-electron chi connectivity index (χ1n) is 6.01. The predicted octanol–water partition coefficient (Wildman–Crippen LogP) is 4.33. The van der Waals surface area contributed by atoms with Gasteiger partial charge < -0.3 is 4.74 Å². The minimum absolute atomic E-state index is 0.0679. The zero-order chi connectivity index (χ0) is 16.3. The van der Waals surface area contributed by atoms with Gasteiger partial charge in [-0.1, -0.05) is 30.3 Å². The summed E-state index contributed by atoms with van der Waals surface area (Å²) in [5, 5.41) is 10.6. The number of halogens is 4. The van der Waals surface area contributed by atoms with Crippen molar-refractivity contribution in [1.29, 1.82) is 0 Å². The summed E-state index contributed by atoms with van der Waals surface area (Å²) >= 11 is 0. The van der Waals surface area contributed by atoms with Crippen LogP contribution in [0.5, 0.6) is 5.75 Å². The second kappa shape index (κ2) is 6.00. The van der Waals surface area contributed by atoms with Gasteiger partial charge in [-0.2, -0.15) is 17.6 Å². The fraction of sp³-hybridized carbons (Fsp3) is 0.143. The Morgan fingerprint density at radius 1 is 1.14 bits per heavy atom. The van der Waals surface area contributed by atoms with Gasteiger partial charge in [0.15, 0.2) is 0 Å². The van der Waals surface area contributed by atoms with Crippen molar-refractivity contribution in [2.45, 2.75) is 12.8 Å². The number of hydrogen-bond acceptors (Lipinski definition) is 3. The Labute approximate surface area is 122 Å². The summed E-state index contributed by atoms with van der Waals surface area (Å²) < 4.78 is 57.0. The lowest BCUT2D eigenvalue weighted by atomic mass is 10.1. The van der Waals surface area contributed by atoms with Crippen LogP contribution in [-0.4, -0.2) is 4.92 Å². The summed E-state index contributed by atoms with van der Waals surface area (Å²) in [6.07, 6.45) is -4.89. The molecule has 2 rings (SSSR count). The Hall–Kier alpha value is -2.64. The largest absolute Gasteiger partial charge is 0.488 e. The molecular weight excluding hydrogens is 306 g/mol. The standard InChI is InChI=1S/C14H9F4NO3/c15-11-6-10(14(16,17)18)13(7-12(11)19(20)21)22-8-9-4-2-1-3-5-9/h1-7H,8H2. The maximum absolute atomic E-state index is 13.4. The average Bonchev–Trinajstić information content (AvgIpc) is 2.45. The zero-order valence-electron chi connectivity index (χ0n) is 10.9. The first-order chi connectivity index (χ1) is 10.3. The molecule has 0 aliphatic carbocycles. The third-order valence-electron chi connectivity index (χ3n) is 2.79. The van der Waals surface area contributed by atoms with Crippen molar-refractivity contribution in [3.8, 4) is 5.75 Å². The van der Waals surface area contributed by atoms with Crippen LogP contribution in [0.4, 0.5) is 23.2 Å². The smallest absolute Gasteiger partial charge is 0.420 e. The minimum Gasteiger partial charge on any atom is -0.488 e. The SMILES string of the molecule is O=[N+]([O-])c1cc(OCc2ccccc2)c(C(F)(F)F)cc1F. The van der Waals surface area contributed by atoms with E-state index in [9.17, 15) is 27.7 Å². The lowest BCUT2D eigenvalue weighted by molar-refractivity contribution is -0.387. The molecule has 0 aromatic heterocycles. The number of nitro groups is 1. The first kappa shape index (κ1) is 15.7. The molecule has 0 atom stereocenters. The van der Waals surface area contributed by atoms with Crippen LogP contribution in [0.25, 0.3) is 0 Å². The van der Waals surface area contributed by atoms with E-state index in [2.05, 4.69) is 0 Å². The summed E-state index contributed by atoms with van der Waals surface area (Å²) in [6.45, 7) is -0.229. The predicted molar refractivity (Wildman–Crippen MR) is 68.8 cm³/mol. The molecule has 0 N–H and O–H groups in total. The van der Waals surface area contributed by atoms with Gasteiger partial charge in [-0.05, 0) is 11.6 Å². The molecule has 4 nitrogen and oxygen atoms in total. The molecule has 22 heavy (non-hydrogen) atoms. The van der Waals surface area contributed by atoms with Crippen molar-refractivity contribution in [2.75, 3.05) is 0 Å². The van der Waals surface area contributed by atoms with Crippen molar-refractivity contribution < 1.29 is 27.2 Å². The monoisotopic (exact) mass is 315 g/mol. The van der Waals surface area contributed by atoms with Crippen LogP contribution in [0.15, 0.2) is 42.5 Å². The van der Waals surface area contributed by atoms with Crippen LogP contribution in [0, 0.1) is 15.9 Å². The number of hydrogen-bond donors (Lipinski definition) is 0. The maximum Gasteiger partial charge on any atom is 0.420 e. The van der Waals surface area contributed by atoms with Gasteiger partial charge in [-0.25, -0.2) is 0 Å². The van der Waals surface area contributed by atoms with Gasteiger partial charge in [0, 0.05) is 0 Å². The van der Waals surface area contributed by atoms with E-state index < -0.39 is 33.9 Å². The fourth-order valence-corrected chi connectivity index (χ4v) is 1.76. The Balaban J connectivity index is 2.38. The summed E-state index contributed by atoms with van der Waals surface area (Å²) in [5.41, 5.74) is -1.90. The molecule has 2 aromatic rings. The molecule has 0 heterocycles. The molecular formula is C14H9F4NO3. The second-order valence-corrected chi connectivity index (χ2v) is 4.33. The Kier molecular flexibility index (Phi) is 4.30. The summed E-state index contributed by atoms with van der Waals surface area (Å²) in [4.78, 5) is 9.53. The summed E-state index contributed by atoms with van der Waals surface area (Å²) in [5.74, 6) is -2.35. The summed E-state index contributed by atoms with van der Waals surface area (Å²) in [6, 6.07) is 8.79. The van der Waals surface area contributed by atoms with Gasteiger partial charge in [-0.15, -0.1) is 0 Å². The Morgan fingerprint density at radius 2 is 1.77 bits per heavy atom. The molecule has 0 aliphatic rings.